The molecular formula is C17H25IO2. The van der Waals surface area contributed by atoms with Crippen molar-refractivity contribution in [2.24, 2.45) is 5.41 Å². The summed E-state index contributed by atoms with van der Waals surface area (Å²) in [6.45, 7) is 2.16. The second kappa shape index (κ2) is 9.37. The molecule has 1 aliphatic carbocycles. The normalized spacial score (nSPS) is 18.5. The SMILES string of the molecule is CC/C=C\C1(CCCCCC(I)C(=O)O)C=CCC=C1. The van der Waals surface area contributed by atoms with Gasteiger partial charge in [-0.2, -0.15) is 0 Å². The Morgan fingerprint density at radius 1 is 1.35 bits per heavy atom. The predicted molar refractivity (Wildman–Crippen MR) is 93.3 cm³/mol. The Morgan fingerprint density at radius 3 is 2.65 bits per heavy atom. The third-order valence-corrected chi connectivity index (χ3v) is 4.78. The zero-order valence-corrected chi connectivity index (χ0v) is 14.4. The Kier molecular flexibility index (Phi) is 8.19. The van der Waals surface area contributed by atoms with Crippen molar-refractivity contribution in [1.82, 2.24) is 0 Å². The molecule has 0 saturated heterocycles. The molecule has 1 unspecified atom stereocenters. The Bertz CT molecular complexity index is 370. The van der Waals surface area contributed by atoms with Crippen molar-refractivity contribution >= 4 is 28.6 Å². The van der Waals surface area contributed by atoms with Gasteiger partial charge in [-0.05, 0) is 25.7 Å². The molecule has 0 amide bonds. The van der Waals surface area contributed by atoms with E-state index in [4.69, 9.17) is 5.11 Å². The lowest BCUT2D eigenvalue weighted by Crippen LogP contribution is -2.14. The van der Waals surface area contributed by atoms with Crippen molar-refractivity contribution in [3.8, 4) is 0 Å². The van der Waals surface area contributed by atoms with Gasteiger partial charge in [0.05, 0.1) is 0 Å². The molecule has 0 saturated carbocycles. The minimum atomic E-state index is -0.689. The molecule has 3 heteroatoms. The van der Waals surface area contributed by atoms with E-state index in [1.54, 1.807) is 0 Å². The van der Waals surface area contributed by atoms with E-state index in [2.05, 4.69) is 43.4 Å². The molecule has 0 aromatic rings. The number of aliphatic carboxylic acids is 1. The maximum atomic E-state index is 10.7. The topological polar surface area (TPSA) is 37.3 Å². The van der Waals surface area contributed by atoms with Gasteiger partial charge in [-0.15, -0.1) is 0 Å². The zero-order chi connectivity index (χ0) is 14.8. The van der Waals surface area contributed by atoms with E-state index in [-0.39, 0.29) is 9.34 Å². The maximum absolute atomic E-state index is 10.7. The molecule has 1 aliphatic rings. The van der Waals surface area contributed by atoms with Crippen LogP contribution >= 0.6 is 22.6 Å². The highest BCUT2D eigenvalue weighted by molar-refractivity contribution is 14.1. The fourth-order valence-corrected chi connectivity index (χ4v) is 2.90. The molecule has 0 aromatic heterocycles. The summed E-state index contributed by atoms with van der Waals surface area (Å²) in [4.78, 5) is 10.7. The first-order valence-corrected chi connectivity index (χ1v) is 8.74. The van der Waals surface area contributed by atoms with Crippen molar-refractivity contribution in [1.29, 1.82) is 0 Å². The number of halogens is 1. The Hall–Kier alpha value is -0.580. The summed E-state index contributed by atoms with van der Waals surface area (Å²) < 4.78 is -0.240. The summed E-state index contributed by atoms with van der Waals surface area (Å²) in [5.41, 5.74) is 0.102. The summed E-state index contributed by atoms with van der Waals surface area (Å²) in [5.74, 6) is -0.689. The largest absolute Gasteiger partial charge is 0.480 e. The number of alkyl halides is 1. The van der Waals surface area contributed by atoms with E-state index in [0.717, 1.165) is 44.9 Å². The Morgan fingerprint density at radius 2 is 2.05 bits per heavy atom. The first kappa shape index (κ1) is 17.5. The van der Waals surface area contributed by atoms with Gasteiger partial charge >= 0.3 is 5.97 Å². The van der Waals surface area contributed by atoms with Crippen molar-refractivity contribution < 1.29 is 9.90 Å². The van der Waals surface area contributed by atoms with Gasteiger partial charge in [-0.3, -0.25) is 4.79 Å². The average molecular weight is 388 g/mol. The molecule has 1 N–H and O–H groups in total. The van der Waals surface area contributed by atoms with Crippen molar-refractivity contribution in [3.05, 3.63) is 36.5 Å². The van der Waals surface area contributed by atoms with Crippen LogP contribution in [0.3, 0.4) is 0 Å². The van der Waals surface area contributed by atoms with E-state index >= 15 is 0 Å². The van der Waals surface area contributed by atoms with Crippen LogP contribution < -0.4 is 0 Å². The van der Waals surface area contributed by atoms with E-state index in [1.165, 1.54) is 0 Å². The molecule has 0 heterocycles. The monoisotopic (exact) mass is 388 g/mol. The van der Waals surface area contributed by atoms with Crippen LogP contribution in [0.15, 0.2) is 36.5 Å². The molecular weight excluding hydrogens is 363 g/mol. The quantitative estimate of drug-likeness (QED) is 0.252. The number of hydrogen-bond acceptors (Lipinski definition) is 1. The second-order valence-electron chi connectivity index (χ2n) is 5.37. The Labute approximate surface area is 136 Å². The highest BCUT2D eigenvalue weighted by atomic mass is 127. The van der Waals surface area contributed by atoms with Gasteiger partial charge < -0.3 is 5.11 Å². The van der Waals surface area contributed by atoms with E-state index in [0.29, 0.717) is 0 Å². The van der Waals surface area contributed by atoms with Crippen LogP contribution in [-0.2, 0) is 4.79 Å². The molecule has 0 fully saturated rings. The maximum Gasteiger partial charge on any atom is 0.316 e. The molecule has 112 valence electrons. The van der Waals surface area contributed by atoms with Gasteiger partial charge in [-0.25, -0.2) is 0 Å². The van der Waals surface area contributed by atoms with Crippen LogP contribution in [0.1, 0.15) is 51.9 Å². The number of carboxylic acids is 1. The van der Waals surface area contributed by atoms with Crippen LogP contribution in [0.25, 0.3) is 0 Å². The third-order valence-electron chi connectivity index (χ3n) is 3.63. The number of allylic oxidation sites excluding steroid dienone is 6. The molecule has 0 bridgehead atoms. The fourth-order valence-electron chi connectivity index (χ4n) is 2.46. The van der Waals surface area contributed by atoms with Gasteiger partial charge in [0, 0.05) is 5.41 Å². The Balaban J connectivity index is 2.35. The van der Waals surface area contributed by atoms with Crippen LogP contribution in [-0.4, -0.2) is 15.0 Å². The highest BCUT2D eigenvalue weighted by Gasteiger charge is 2.21. The van der Waals surface area contributed by atoms with E-state index in [9.17, 15) is 4.79 Å². The average Bonchev–Trinajstić information content (AvgIpc) is 2.45. The lowest BCUT2D eigenvalue weighted by atomic mass is 9.79. The summed E-state index contributed by atoms with van der Waals surface area (Å²) in [6.07, 6.45) is 20.9. The van der Waals surface area contributed by atoms with Gasteiger partial charge in [0.25, 0.3) is 0 Å². The second-order valence-corrected chi connectivity index (χ2v) is 6.87. The van der Waals surface area contributed by atoms with Crippen LogP contribution in [0.5, 0.6) is 0 Å². The van der Waals surface area contributed by atoms with Crippen LogP contribution in [0.2, 0.25) is 0 Å². The zero-order valence-electron chi connectivity index (χ0n) is 12.2. The van der Waals surface area contributed by atoms with Crippen molar-refractivity contribution in [2.75, 3.05) is 0 Å². The minimum Gasteiger partial charge on any atom is -0.480 e. The lowest BCUT2D eigenvalue weighted by Gasteiger charge is -2.26. The van der Waals surface area contributed by atoms with E-state index < -0.39 is 5.97 Å². The molecule has 0 aliphatic heterocycles. The molecule has 20 heavy (non-hydrogen) atoms. The molecule has 0 radical (unpaired) electrons. The molecule has 0 aromatic carbocycles. The first-order valence-electron chi connectivity index (χ1n) is 7.49. The number of unbranched alkanes of at least 4 members (excludes halogenated alkanes) is 2. The van der Waals surface area contributed by atoms with E-state index in [1.807, 2.05) is 22.6 Å². The summed E-state index contributed by atoms with van der Waals surface area (Å²) in [6, 6.07) is 0. The number of rotatable bonds is 9. The first-order chi connectivity index (χ1) is 9.59. The van der Waals surface area contributed by atoms with Gasteiger partial charge in [0.2, 0.25) is 0 Å². The van der Waals surface area contributed by atoms with Crippen molar-refractivity contribution in [2.45, 2.75) is 55.8 Å². The summed E-state index contributed by atoms with van der Waals surface area (Å²) in [5, 5.41) is 8.85. The highest BCUT2D eigenvalue weighted by Crippen LogP contribution is 2.33. The van der Waals surface area contributed by atoms with Gasteiger partial charge in [-0.1, -0.05) is 85.2 Å². The fraction of sp³-hybridized carbons (Fsp3) is 0.588. The van der Waals surface area contributed by atoms with Gasteiger partial charge in [0.15, 0.2) is 0 Å². The third kappa shape index (κ3) is 6.25. The van der Waals surface area contributed by atoms with Crippen molar-refractivity contribution in [3.63, 3.8) is 0 Å². The molecule has 1 atom stereocenters. The van der Waals surface area contributed by atoms with Crippen LogP contribution in [0.4, 0.5) is 0 Å². The molecule has 1 rings (SSSR count). The summed E-state index contributed by atoms with van der Waals surface area (Å²) >= 11 is 2.01. The number of hydrogen-bond donors (Lipinski definition) is 1. The standard InChI is InChI=1S/C17H25IO2/c1-2-3-11-17(13-8-5-9-14-17)12-7-4-6-10-15(18)16(19)20/h3,8-9,11,13-15H,2,4-7,10,12H2,1H3,(H,19,20)/b11-3-. The number of carbonyl (C=O) groups is 1. The smallest absolute Gasteiger partial charge is 0.316 e. The molecule has 0 spiro atoms. The van der Waals surface area contributed by atoms with Crippen LogP contribution in [0, 0.1) is 5.41 Å². The summed E-state index contributed by atoms with van der Waals surface area (Å²) in [7, 11) is 0. The number of carboxylic acid groups (broad SMARTS) is 1. The predicted octanol–water partition coefficient (Wildman–Crippen LogP) is 5.29. The minimum absolute atomic E-state index is 0.102. The molecule has 2 nitrogen and oxygen atoms in total. The lowest BCUT2D eigenvalue weighted by molar-refractivity contribution is -0.136. The van der Waals surface area contributed by atoms with Gasteiger partial charge in [0.1, 0.15) is 3.92 Å².